The third-order valence-corrected chi connectivity index (χ3v) is 2.63. The Morgan fingerprint density at radius 2 is 1.59 bits per heavy atom. The molecule has 2 aromatic carbocycles. The van der Waals surface area contributed by atoms with Crippen LogP contribution in [0.4, 0.5) is 0 Å². The van der Waals surface area contributed by atoms with E-state index in [2.05, 4.69) is 4.52 Å². The van der Waals surface area contributed by atoms with Crippen molar-refractivity contribution in [2.45, 2.75) is 0 Å². The zero-order valence-electron chi connectivity index (χ0n) is 8.92. The Balaban J connectivity index is 2.48. The molecule has 0 aliphatic heterocycles. The molecule has 0 N–H and O–H groups in total. The number of hydrogen-bond acceptors (Lipinski definition) is 3. The number of hydrogen-bond donors (Lipinski definition) is 0. The molecule has 0 amide bonds. The van der Waals surface area contributed by atoms with Crippen molar-refractivity contribution in [3.63, 3.8) is 0 Å². The van der Waals surface area contributed by atoms with Gasteiger partial charge in [0.2, 0.25) is 0 Å². The molecule has 2 rings (SSSR count). The summed E-state index contributed by atoms with van der Waals surface area (Å²) in [7, 11) is -1.08. The van der Waals surface area contributed by atoms with Crippen LogP contribution < -0.4 is 0 Å². The van der Waals surface area contributed by atoms with Crippen molar-refractivity contribution < 1.29 is 13.9 Å². The Kier molecular flexibility index (Phi) is 3.63. The van der Waals surface area contributed by atoms with E-state index < -0.39 is 14.7 Å². The zero-order chi connectivity index (χ0) is 12.1. The average molecular weight is 245 g/mol. The summed E-state index contributed by atoms with van der Waals surface area (Å²) in [5.41, 5.74) is 2.12. The third-order valence-electron chi connectivity index (χ3n) is 2.37. The van der Waals surface area contributed by atoms with Crippen molar-refractivity contribution in [2.24, 2.45) is 0 Å². The highest BCUT2D eigenvalue weighted by atomic mass is 31.1. The lowest BCUT2D eigenvalue weighted by atomic mass is 10.00. The van der Waals surface area contributed by atoms with Gasteiger partial charge in [-0.3, -0.25) is 0 Å². The maximum Gasteiger partial charge on any atom is 0.545 e. The van der Waals surface area contributed by atoms with Crippen LogP contribution in [0.15, 0.2) is 54.6 Å². The van der Waals surface area contributed by atoms with E-state index in [4.69, 9.17) is 0 Å². The number of benzene rings is 2. The lowest BCUT2D eigenvalue weighted by Crippen LogP contribution is -2.00. The second-order valence-electron chi connectivity index (χ2n) is 3.38. The quantitative estimate of drug-likeness (QED) is 0.778. The minimum absolute atomic E-state index is 0.419. The number of carbonyl (C=O) groups is 1. The summed E-state index contributed by atoms with van der Waals surface area (Å²) >= 11 is 0. The fraction of sp³-hybridized carbons (Fsp3) is 0. The highest BCUT2D eigenvalue weighted by Gasteiger charge is 2.16. The summed E-state index contributed by atoms with van der Waals surface area (Å²) in [4.78, 5) is 11.6. The molecular weight excluding hydrogens is 235 g/mol. The first-order valence-corrected chi connectivity index (χ1v) is 5.87. The van der Waals surface area contributed by atoms with Gasteiger partial charge in [0.05, 0.1) is 5.56 Å². The topological polar surface area (TPSA) is 43.4 Å². The molecule has 0 heterocycles. The summed E-state index contributed by atoms with van der Waals surface area (Å²) in [5.74, 6) is -0.571. The molecule has 3 nitrogen and oxygen atoms in total. The second kappa shape index (κ2) is 5.37. The van der Waals surface area contributed by atoms with Crippen molar-refractivity contribution in [1.82, 2.24) is 0 Å². The van der Waals surface area contributed by atoms with Gasteiger partial charge in [0.25, 0.3) is 0 Å². The largest absolute Gasteiger partial charge is 0.545 e. The predicted octanol–water partition coefficient (Wildman–Crippen LogP) is 3.45. The van der Waals surface area contributed by atoms with Gasteiger partial charge in [0, 0.05) is 0 Å². The van der Waals surface area contributed by atoms with E-state index in [-0.39, 0.29) is 0 Å². The van der Waals surface area contributed by atoms with Crippen LogP contribution >= 0.6 is 8.69 Å². The molecule has 0 aliphatic rings. The Bertz CT molecular complexity index is 537. The Morgan fingerprint density at radius 1 is 0.941 bits per heavy atom. The first kappa shape index (κ1) is 11.5. The van der Waals surface area contributed by atoms with E-state index in [1.165, 1.54) is 0 Å². The molecule has 1 atom stereocenters. The fourth-order valence-electron chi connectivity index (χ4n) is 1.62. The van der Waals surface area contributed by atoms with E-state index in [1.807, 2.05) is 42.5 Å². The van der Waals surface area contributed by atoms with Gasteiger partial charge in [0.1, 0.15) is 0 Å². The predicted molar refractivity (Wildman–Crippen MR) is 66.3 cm³/mol. The molecule has 0 aromatic heterocycles. The molecule has 4 heteroatoms. The van der Waals surface area contributed by atoms with Crippen LogP contribution in [0.2, 0.25) is 0 Å². The second-order valence-corrected chi connectivity index (χ2v) is 3.76. The van der Waals surface area contributed by atoms with Gasteiger partial charge in [-0.15, -0.1) is 0 Å². The molecule has 2 aromatic rings. The molecule has 0 aliphatic carbocycles. The molecule has 0 fully saturated rings. The summed E-state index contributed by atoms with van der Waals surface area (Å²) in [6.07, 6.45) is 0. The molecule has 17 heavy (non-hydrogen) atoms. The zero-order valence-corrected chi connectivity index (χ0v) is 9.92. The van der Waals surface area contributed by atoms with Crippen LogP contribution in [0.25, 0.3) is 11.1 Å². The Morgan fingerprint density at radius 3 is 2.29 bits per heavy atom. The van der Waals surface area contributed by atoms with Crippen molar-refractivity contribution in [1.29, 1.82) is 0 Å². The first-order valence-electron chi connectivity index (χ1n) is 5.05. The molecule has 0 bridgehead atoms. The maximum absolute atomic E-state index is 11.6. The van der Waals surface area contributed by atoms with Gasteiger partial charge in [-0.2, -0.15) is 0 Å². The average Bonchev–Trinajstić information content (AvgIpc) is 2.40. The lowest BCUT2D eigenvalue weighted by molar-refractivity contribution is 0.0757. The summed E-state index contributed by atoms with van der Waals surface area (Å²) < 4.78 is 14.9. The van der Waals surface area contributed by atoms with Crippen LogP contribution in [0.5, 0.6) is 0 Å². The minimum Gasteiger partial charge on any atom is -0.241 e. The molecule has 0 saturated carbocycles. The standard InChI is InChI=1S/C13H10O3P/c14-13(16-17-15)12-9-5-4-8-11(12)10-6-2-1-3-7-10/h1-9,17H/q+1. The monoisotopic (exact) mass is 245 g/mol. The van der Waals surface area contributed by atoms with Crippen molar-refractivity contribution in [3.8, 4) is 11.1 Å². The summed E-state index contributed by atoms with van der Waals surface area (Å²) in [6, 6.07) is 16.6. The van der Waals surface area contributed by atoms with Crippen LogP contribution in [0.1, 0.15) is 10.4 Å². The van der Waals surface area contributed by atoms with E-state index in [1.54, 1.807) is 12.1 Å². The van der Waals surface area contributed by atoms with Gasteiger partial charge in [0.15, 0.2) is 0 Å². The van der Waals surface area contributed by atoms with Crippen LogP contribution in [0.3, 0.4) is 0 Å². The fourth-order valence-corrected chi connectivity index (χ4v) is 1.81. The molecule has 84 valence electrons. The van der Waals surface area contributed by atoms with Crippen LogP contribution in [0, 0.1) is 0 Å². The van der Waals surface area contributed by atoms with E-state index >= 15 is 0 Å². The highest BCUT2D eigenvalue weighted by molar-refractivity contribution is 7.18. The first-order chi connectivity index (χ1) is 8.33. The van der Waals surface area contributed by atoms with E-state index in [0.29, 0.717) is 5.56 Å². The number of rotatable bonds is 3. The summed E-state index contributed by atoms with van der Waals surface area (Å²) in [5, 5.41) is 0. The minimum atomic E-state index is -1.08. The number of carbonyl (C=O) groups excluding carboxylic acids is 1. The molecule has 1 unspecified atom stereocenters. The molecule has 0 spiro atoms. The van der Waals surface area contributed by atoms with Crippen LogP contribution in [-0.2, 0) is 9.09 Å². The highest BCUT2D eigenvalue weighted by Crippen LogP contribution is 2.24. The molecular formula is C13H10O3P+. The van der Waals surface area contributed by atoms with E-state index in [9.17, 15) is 9.36 Å². The van der Waals surface area contributed by atoms with Crippen molar-refractivity contribution in [3.05, 3.63) is 60.2 Å². The van der Waals surface area contributed by atoms with Gasteiger partial charge in [-0.05, 0) is 21.8 Å². The van der Waals surface area contributed by atoms with Crippen LogP contribution in [-0.4, -0.2) is 5.97 Å². The van der Waals surface area contributed by atoms with Crippen molar-refractivity contribution in [2.75, 3.05) is 0 Å². The lowest BCUT2D eigenvalue weighted by Gasteiger charge is -2.05. The maximum atomic E-state index is 11.6. The van der Waals surface area contributed by atoms with Crippen molar-refractivity contribution >= 4 is 14.7 Å². The SMILES string of the molecule is O=[PH+]OC(=O)c1ccccc1-c1ccccc1. The normalized spacial score (nSPS) is 10.1. The molecule has 0 radical (unpaired) electrons. The van der Waals surface area contributed by atoms with Gasteiger partial charge in [-0.1, -0.05) is 48.5 Å². The molecule has 0 saturated heterocycles. The van der Waals surface area contributed by atoms with Gasteiger partial charge in [-0.25, -0.2) is 9.32 Å². The van der Waals surface area contributed by atoms with Gasteiger partial charge < -0.3 is 0 Å². The third kappa shape index (κ3) is 2.58. The summed E-state index contributed by atoms with van der Waals surface area (Å²) in [6.45, 7) is 0. The smallest absolute Gasteiger partial charge is 0.241 e. The van der Waals surface area contributed by atoms with E-state index in [0.717, 1.165) is 11.1 Å². The van der Waals surface area contributed by atoms with Gasteiger partial charge >= 0.3 is 14.7 Å². The Hall–Kier alpha value is -1.99. The Labute approximate surface area is 100 Å².